The molecule has 0 bridgehead atoms. The van der Waals surface area contributed by atoms with Gasteiger partial charge in [0.25, 0.3) is 0 Å². The van der Waals surface area contributed by atoms with Gasteiger partial charge in [0.2, 0.25) is 0 Å². The van der Waals surface area contributed by atoms with Crippen molar-refractivity contribution in [3.8, 4) is 5.75 Å². The number of rotatable bonds is 4. The van der Waals surface area contributed by atoms with Crippen molar-refractivity contribution in [2.75, 3.05) is 0 Å². The first-order valence-corrected chi connectivity index (χ1v) is 5.63. The Morgan fingerprint density at radius 3 is 2.89 bits per heavy atom. The largest absolute Gasteiger partial charge is 0.489 e. The molecule has 0 saturated heterocycles. The van der Waals surface area contributed by atoms with E-state index in [2.05, 4.69) is 4.98 Å². The molecule has 0 aliphatic carbocycles. The van der Waals surface area contributed by atoms with Gasteiger partial charge < -0.3 is 9.84 Å². The van der Waals surface area contributed by atoms with Gasteiger partial charge in [0.05, 0.1) is 0 Å². The SMILES string of the molecule is Cc1ccc(F)cc1OCc1ccnc(C(=O)O)c1. The van der Waals surface area contributed by atoms with Crippen LogP contribution in [0.2, 0.25) is 0 Å². The molecule has 0 unspecified atom stereocenters. The van der Waals surface area contributed by atoms with Crippen LogP contribution in [0, 0.1) is 12.7 Å². The van der Waals surface area contributed by atoms with Gasteiger partial charge in [-0.25, -0.2) is 14.2 Å². The van der Waals surface area contributed by atoms with Gasteiger partial charge in [0.1, 0.15) is 23.9 Å². The van der Waals surface area contributed by atoms with Crippen LogP contribution in [0.1, 0.15) is 21.6 Å². The lowest BCUT2D eigenvalue weighted by Crippen LogP contribution is -2.03. The Hall–Kier alpha value is -2.43. The van der Waals surface area contributed by atoms with Crippen molar-refractivity contribution < 1.29 is 19.0 Å². The first kappa shape index (κ1) is 13.0. The lowest BCUT2D eigenvalue weighted by molar-refractivity contribution is 0.0690. The minimum absolute atomic E-state index is 0.0444. The number of ether oxygens (including phenoxy) is 1. The fourth-order valence-electron chi connectivity index (χ4n) is 1.57. The van der Waals surface area contributed by atoms with Crippen LogP contribution < -0.4 is 4.74 Å². The van der Waals surface area contributed by atoms with E-state index in [0.717, 1.165) is 5.56 Å². The molecule has 2 rings (SSSR count). The van der Waals surface area contributed by atoms with Crippen molar-refractivity contribution in [2.45, 2.75) is 13.5 Å². The molecule has 0 aliphatic rings. The lowest BCUT2D eigenvalue weighted by Gasteiger charge is -2.09. The molecule has 2 aromatic rings. The first-order chi connectivity index (χ1) is 9.06. The highest BCUT2D eigenvalue weighted by atomic mass is 19.1. The Morgan fingerprint density at radius 2 is 2.16 bits per heavy atom. The summed E-state index contributed by atoms with van der Waals surface area (Å²) in [6.45, 7) is 1.97. The van der Waals surface area contributed by atoms with E-state index in [9.17, 15) is 9.18 Å². The maximum atomic E-state index is 13.1. The summed E-state index contributed by atoms with van der Waals surface area (Å²) in [6.07, 6.45) is 1.40. The number of aryl methyl sites for hydroxylation is 1. The second-order valence-corrected chi connectivity index (χ2v) is 4.05. The van der Waals surface area contributed by atoms with Crippen molar-refractivity contribution in [1.82, 2.24) is 4.98 Å². The zero-order chi connectivity index (χ0) is 13.8. The maximum Gasteiger partial charge on any atom is 0.354 e. The topological polar surface area (TPSA) is 59.4 Å². The molecule has 19 heavy (non-hydrogen) atoms. The Kier molecular flexibility index (Phi) is 3.75. The van der Waals surface area contributed by atoms with E-state index in [0.29, 0.717) is 11.3 Å². The number of pyridine rings is 1. The fraction of sp³-hybridized carbons (Fsp3) is 0.143. The monoisotopic (exact) mass is 261 g/mol. The first-order valence-electron chi connectivity index (χ1n) is 5.63. The molecule has 0 atom stereocenters. The predicted molar refractivity (Wildman–Crippen MR) is 66.7 cm³/mol. The molecule has 1 aromatic heterocycles. The fourth-order valence-corrected chi connectivity index (χ4v) is 1.57. The Labute approximate surface area is 109 Å². The van der Waals surface area contributed by atoms with Crippen molar-refractivity contribution in [2.24, 2.45) is 0 Å². The minimum Gasteiger partial charge on any atom is -0.489 e. The highest BCUT2D eigenvalue weighted by Crippen LogP contribution is 2.20. The number of aromatic carboxylic acids is 1. The van der Waals surface area contributed by atoms with Crippen molar-refractivity contribution in [3.05, 3.63) is 59.2 Å². The number of hydrogen-bond acceptors (Lipinski definition) is 3. The van der Waals surface area contributed by atoms with E-state index in [1.54, 1.807) is 12.1 Å². The third kappa shape index (κ3) is 3.28. The number of carbonyl (C=O) groups is 1. The predicted octanol–water partition coefficient (Wildman–Crippen LogP) is 2.81. The van der Waals surface area contributed by atoms with Gasteiger partial charge in [0.15, 0.2) is 0 Å². The van der Waals surface area contributed by atoms with Crippen LogP contribution >= 0.6 is 0 Å². The highest BCUT2D eigenvalue weighted by Gasteiger charge is 2.06. The van der Waals surface area contributed by atoms with E-state index < -0.39 is 5.97 Å². The van der Waals surface area contributed by atoms with Crippen LogP contribution in [0.25, 0.3) is 0 Å². The third-order valence-corrected chi connectivity index (χ3v) is 2.59. The molecule has 0 aliphatic heterocycles. The molecular weight excluding hydrogens is 249 g/mol. The van der Waals surface area contributed by atoms with Crippen LogP contribution in [0.4, 0.5) is 4.39 Å². The number of hydrogen-bond donors (Lipinski definition) is 1. The Balaban J connectivity index is 2.12. The molecular formula is C14H12FNO3. The number of carboxylic acid groups (broad SMARTS) is 1. The second-order valence-electron chi connectivity index (χ2n) is 4.05. The molecule has 1 aromatic carbocycles. The van der Waals surface area contributed by atoms with Crippen LogP contribution in [0.3, 0.4) is 0 Å². The van der Waals surface area contributed by atoms with E-state index >= 15 is 0 Å². The van der Waals surface area contributed by atoms with Gasteiger partial charge in [-0.2, -0.15) is 0 Å². The average molecular weight is 261 g/mol. The standard InChI is InChI=1S/C14H12FNO3/c1-9-2-3-11(15)7-13(9)19-8-10-4-5-16-12(6-10)14(17)18/h2-7H,8H2,1H3,(H,17,18). The molecule has 1 heterocycles. The van der Waals surface area contributed by atoms with E-state index in [4.69, 9.17) is 9.84 Å². The molecule has 4 nitrogen and oxygen atoms in total. The van der Waals surface area contributed by atoms with E-state index in [1.165, 1.54) is 24.4 Å². The second kappa shape index (κ2) is 5.48. The summed E-state index contributed by atoms with van der Waals surface area (Å²) >= 11 is 0. The van der Waals surface area contributed by atoms with Gasteiger partial charge in [-0.3, -0.25) is 0 Å². The number of benzene rings is 1. The number of nitrogens with zero attached hydrogens (tertiary/aromatic N) is 1. The molecule has 0 radical (unpaired) electrons. The summed E-state index contributed by atoms with van der Waals surface area (Å²) < 4.78 is 18.6. The van der Waals surface area contributed by atoms with Gasteiger partial charge >= 0.3 is 5.97 Å². The molecule has 0 fully saturated rings. The maximum absolute atomic E-state index is 13.1. The molecule has 0 spiro atoms. The zero-order valence-electron chi connectivity index (χ0n) is 10.3. The summed E-state index contributed by atoms with van der Waals surface area (Å²) in [5.74, 6) is -1.03. The van der Waals surface area contributed by atoms with Crippen molar-refractivity contribution >= 4 is 5.97 Å². The molecule has 1 N–H and O–H groups in total. The van der Waals surface area contributed by atoms with Crippen LogP contribution in [-0.2, 0) is 6.61 Å². The lowest BCUT2D eigenvalue weighted by atomic mass is 10.2. The summed E-state index contributed by atoms with van der Waals surface area (Å²) in [7, 11) is 0. The highest BCUT2D eigenvalue weighted by molar-refractivity contribution is 5.85. The van der Waals surface area contributed by atoms with E-state index in [-0.39, 0.29) is 18.1 Å². The van der Waals surface area contributed by atoms with Crippen LogP contribution in [0.5, 0.6) is 5.75 Å². The summed E-state index contributed by atoms with van der Waals surface area (Å²) in [4.78, 5) is 14.5. The van der Waals surface area contributed by atoms with Gasteiger partial charge in [-0.05, 0) is 36.2 Å². The van der Waals surface area contributed by atoms with Crippen LogP contribution in [0.15, 0.2) is 36.5 Å². The molecule has 0 saturated carbocycles. The smallest absolute Gasteiger partial charge is 0.354 e. The Bertz CT molecular complexity index is 613. The summed E-state index contributed by atoms with van der Waals surface area (Å²) in [5, 5.41) is 8.82. The molecule has 5 heteroatoms. The number of aromatic nitrogens is 1. The minimum atomic E-state index is -1.09. The number of carboxylic acids is 1. The van der Waals surface area contributed by atoms with Crippen molar-refractivity contribution in [1.29, 1.82) is 0 Å². The number of halogens is 1. The third-order valence-electron chi connectivity index (χ3n) is 2.59. The van der Waals surface area contributed by atoms with Crippen LogP contribution in [-0.4, -0.2) is 16.1 Å². The normalized spacial score (nSPS) is 10.2. The molecule has 0 amide bonds. The van der Waals surface area contributed by atoms with Gasteiger partial charge in [-0.1, -0.05) is 6.07 Å². The zero-order valence-corrected chi connectivity index (χ0v) is 10.3. The quantitative estimate of drug-likeness (QED) is 0.919. The molecule has 98 valence electrons. The average Bonchev–Trinajstić information content (AvgIpc) is 2.40. The van der Waals surface area contributed by atoms with Crippen molar-refractivity contribution in [3.63, 3.8) is 0 Å². The Morgan fingerprint density at radius 1 is 1.37 bits per heavy atom. The summed E-state index contributed by atoms with van der Waals surface area (Å²) in [5.41, 5.74) is 1.43. The summed E-state index contributed by atoms with van der Waals surface area (Å²) in [6, 6.07) is 7.36. The van der Waals surface area contributed by atoms with Gasteiger partial charge in [-0.15, -0.1) is 0 Å². The van der Waals surface area contributed by atoms with Gasteiger partial charge in [0, 0.05) is 12.3 Å². The van der Waals surface area contributed by atoms with E-state index in [1.807, 2.05) is 6.92 Å².